The van der Waals surface area contributed by atoms with Crippen LogP contribution in [0.15, 0.2) is 83.0 Å². The Morgan fingerprint density at radius 2 is 2.00 bits per heavy atom. The molecule has 0 fully saturated rings. The number of aliphatic hydroxyl groups is 1. The number of aryl methyl sites for hydroxylation is 1. The van der Waals surface area contributed by atoms with E-state index in [-0.39, 0.29) is 23.6 Å². The van der Waals surface area contributed by atoms with Crippen LogP contribution in [0.5, 0.6) is 5.75 Å². The van der Waals surface area contributed by atoms with E-state index < -0.39 is 28.4 Å². The zero-order valence-electron chi connectivity index (χ0n) is 19.7. The van der Waals surface area contributed by atoms with Crippen LogP contribution in [0.1, 0.15) is 28.6 Å². The second kappa shape index (κ2) is 9.61. The lowest BCUT2D eigenvalue weighted by atomic mass is 9.94. The first-order valence-corrected chi connectivity index (χ1v) is 11.4. The quantitative estimate of drug-likeness (QED) is 0.204. The summed E-state index contributed by atoms with van der Waals surface area (Å²) in [4.78, 5) is 42.9. The van der Waals surface area contributed by atoms with Gasteiger partial charge in [-0.05, 0) is 36.2 Å². The van der Waals surface area contributed by atoms with Crippen molar-refractivity contribution >= 4 is 28.3 Å². The van der Waals surface area contributed by atoms with Gasteiger partial charge in [0.1, 0.15) is 0 Å². The third-order valence-corrected chi connectivity index (χ3v) is 6.29. The number of carbonyl (C=O) groups excluding carboxylic acids is 2. The molecule has 1 amide bonds. The highest BCUT2D eigenvalue weighted by Crippen LogP contribution is 2.40. The summed E-state index contributed by atoms with van der Waals surface area (Å²) >= 11 is 0. The number of rotatable bonds is 9. The molecular weight excluding hydrogens is 480 g/mol. The molecule has 11 nitrogen and oxygen atoms in total. The molecule has 0 saturated carbocycles. The van der Waals surface area contributed by atoms with Gasteiger partial charge in [-0.3, -0.25) is 19.7 Å². The van der Waals surface area contributed by atoms with Crippen molar-refractivity contribution in [3.05, 3.63) is 100 Å². The number of imidazole rings is 1. The largest absolute Gasteiger partial charge is 0.503 e. The van der Waals surface area contributed by atoms with Crippen LogP contribution in [0.3, 0.4) is 0 Å². The van der Waals surface area contributed by atoms with Crippen LogP contribution in [0.2, 0.25) is 0 Å². The number of nitrogens with zero attached hydrogens (tertiary/aromatic N) is 4. The van der Waals surface area contributed by atoms with E-state index in [1.54, 1.807) is 36.9 Å². The van der Waals surface area contributed by atoms with E-state index in [4.69, 9.17) is 9.15 Å². The lowest BCUT2D eigenvalue weighted by Gasteiger charge is -2.26. The summed E-state index contributed by atoms with van der Waals surface area (Å²) in [5.74, 6) is -1.68. The van der Waals surface area contributed by atoms with Crippen LogP contribution in [0, 0.1) is 10.1 Å². The number of furan rings is 1. The molecule has 4 aromatic rings. The molecule has 1 N–H and O–H groups in total. The average Bonchev–Trinajstić information content (AvgIpc) is 3.63. The number of para-hydroxylation sites is 1. The number of Topliss-reactive ketones (excluding diaryl/α,β-unsaturated/α-hetero) is 1. The van der Waals surface area contributed by atoms with Gasteiger partial charge in [0.25, 0.3) is 11.6 Å². The molecule has 0 bridgehead atoms. The number of ketones is 1. The van der Waals surface area contributed by atoms with Gasteiger partial charge in [0.2, 0.25) is 5.78 Å². The number of ether oxygens (including phenoxy) is 1. The molecule has 0 unspecified atom stereocenters. The topological polar surface area (TPSA) is 141 Å². The second-order valence-corrected chi connectivity index (χ2v) is 8.48. The first kappa shape index (κ1) is 23.8. The molecule has 1 aliphatic heterocycles. The normalized spacial score (nSPS) is 15.5. The van der Waals surface area contributed by atoms with Crippen molar-refractivity contribution < 1.29 is 28.8 Å². The maximum Gasteiger partial charge on any atom is 0.290 e. The Morgan fingerprint density at radius 1 is 1.22 bits per heavy atom. The molecule has 2 aromatic carbocycles. The average molecular weight is 502 g/mol. The summed E-state index contributed by atoms with van der Waals surface area (Å²) in [7, 11) is 1.48. The fourth-order valence-electron chi connectivity index (χ4n) is 4.53. The number of carbonyl (C=O) groups is 2. The van der Waals surface area contributed by atoms with Crippen LogP contribution in [-0.2, 0) is 11.3 Å². The number of non-ortho nitro benzene ring substituents is 1. The molecule has 0 aliphatic carbocycles. The Balaban J connectivity index is 1.52. The molecule has 0 saturated heterocycles. The lowest BCUT2D eigenvalue weighted by Crippen LogP contribution is -2.32. The first-order valence-electron chi connectivity index (χ1n) is 11.4. The van der Waals surface area contributed by atoms with Crippen molar-refractivity contribution in [3.63, 3.8) is 0 Å². The fraction of sp³-hybridized carbons (Fsp3) is 0.192. The van der Waals surface area contributed by atoms with E-state index >= 15 is 0 Å². The SMILES string of the molecule is COc1cccc2cc(C(=O)C3=C(O)C(=O)N(CCCn4ccnc4)[C@@H]3c3ccc([N+](=O)[O-])cc3)oc12. The number of aromatic nitrogens is 2. The van der Waals surface area contributed by atoms with Gasteiger partial charge in [0, 0.05) is 43.0 Å². The van der Waals surface area contributed by atoms with Crippen molar-refractivity contribution in [2.75, 3.05) is 13.7 Å². The molecule has 11 heteroatoms. The summed E-state index contributed by atoms with van der Waals surface area (Å²) in [5, 5.41) is 22.7. The molecule has 5 rings (SSSR count). The van der Waals surface area contributed by atoms with Crippen molar-refractivity contribution in [1.29, 1.82) is 0 Å². The number of aliphatic hydroxyl groups excluding tert-OH is 1. The number of methoxy groups -OCH3 is 1. The first-order chi connectivity index (χ1) is 17.9. The molecule has 1 atom stereocenters. The minimum atomic E-state index is -0.960. The lowest BCUT2D eigenvalue weighted by molar-refractivity contribution is -0.384. The Kier molecular flexibility index (Phi) is 6.18. The number of nitro benzene ring substituents is 1. The van der Waals surface area contributed by atoms with Crippen molar-refractivity contribution in [2.24, 2.45) is 0 Å². The number of amides is 1. The minimum Gasteiger partial charge on any atom is -0.503 e. The molecule has 188 valence electrons. The molecule has 0 radical (unpaired) electrons. The maximum atomic E-state index is 13.7. The summed E-state index contributed by atoms with van der Waals surface area (Å²) in [5.41, 5.74) is 0.522. The van der Waals surface area contributed by atoms with Crippen LogP contribution in [-0.4, -0.2) is 49.8 Å². The van der Waals surface area contributed by atoms with Gasteiger partial charge >= 0.3 is 0 Å². The summed E-state index contributed by atoms with van der Waals surface area (Å²) in [6, 6.07) is 11.3. The molecule has 3 heterocycles. The van der Waals surface area contributed by atoms with Crippen LogP contribution >= 0.6 is 0 Å². The third kappa shape index (κ3) is 4.31. The summed E-state index contributed by atoms with van der Waals surface area (Å²) < 4.78 is 13.0. The zero-order chi connectivity index (χ0) is 26.1. The van der Waals surface area contributed by atoms with Gasteiger partial charge < -0.3 is 23.7 Å². The number of hydrogen-bond acceptors (Lipinski definition) is 8. The fourth-order valence-corrected chi connectivity index (χ4v) is 4.53. The number of hydrogen-bond donors (Lipinski definition) is 1. The molecular formula is C26H22N4O7. The monoisotopic (exact) mass is 502 g/mol. The second-order valence-electron chi connectivity index (χ2n) is 8.48. The van der Waals surface area contributed by atoms with Gasteiger partial charge in [0.15, 0.2) is 22.9 Å². The van der Waals surface area contributed by atoms with Gasteiger partial charge in [-0.2, -0.15) is 0 Å². The molecule has 0 spiro atoms. The van der Waals surface area contributed by atoms with E-state index in [2.05, 4.69) is 4.98 Å². The number of benzene rings is 2. The standard InChI is InChI=1S/C26H22N4O7/c1-36-19-5-2-4-17-14-20(37-25(17)19)23(31)21-22(16-6-8-18(9-7-16)30(34)35)29(26(33)24(21)32)12-3-11-28-13-10-27-15-28/h2,4-10,13-15,22,32H,3,11-12H2,1H3/t22-/m1/s1. The van der Waals surface area contributed by atoms with Crippen molar-refractivity contribution in [1.82, 2.24) is 14.5 Å². The Morgan fingerprint density at radius 3 is 2.68 bits per heavy atom. The number of fused-ring (bicyclic) bond motifs is 1. The van der Waals surface area contributed by atoms with Crippen molar-refractivity contribution in [2.45, 2.75) is 19.0 Å². The van der Waals surface area contributed by atoms with Crippen LogP contribution < -0.4 is 4.74 Å². The van der Waals surface area contributed by atoms with E-state index in [0.29, 0.717) is 35.2 Å². The Hall–Kier alpha value is -4.93. The highest BCUT2D eigenvalue weighted by atomic mass is 16.6. The van der Waals surface area contributed by atoms with E-state index in [1.165, 1.54) is 42.3 Å². The van der Waals surface area contributed by atoms with Crippen LogP contribution in [0.25, 0.3) is 11.0 Å². The smallest absolute Gasteiger partial charge is 0.290 e. The van der Waals surface area contributed by atoms with Gasteiger partial charge in [-0.25, -0.2) is 4.98 Å². The Bertz CT molecular complexity index is 1520. The maximum absolute atomic E-state index is 13.7. The predicted octanol–water partition coefficient (Wildman–Crippen LogP) is 4.21. The van der Waals surface area contributed by atoms with Crippen molar-refractivity contribution in [3.8, 4) is 5.75 Å². The van der Waals surface area contributed by atoms with Gasteiger partial charge in [0.05, 0.1) is 30.0 Å². The van der Waals surface area contributed by atoms with E-state index in [9.17, 15) is 24.8 Å². The highest BCUT2D eigenvalue weighted by molar-refractivity contribution is 6.16. The highest BCUT2D eigenvalue weighted by Gasteiger charge is 2.44. The van der Waals surface area contributed by atoms with Gasteiger partial charge in [-0.1, -0.05) is 12.1 Å². The van der Waals surface area contributed by atoms with Gasteiger partial charge in [-0.15, -0.1) is 0 Å². The molecule has 2 aromatic heterocycles. The van der Waals surface area contributed by atoms with E-state index in [0.717, 1.165) is 0 Å². The van der Waals surface area contributed by atoms with E-state index in [1.807, 2.05) is 4.57 Å². The zero-order valence-corrected chi connectivity index (χ0v) is 19.7. The third-order valence-electron chi connectivity index (χ3n) is 6.29. The predicted molar refractivity (Wildman–Crippen MR) is 131 cm³/mol. The molecule has 37 heavy (non-hydrogen) atoms. The Labute approximate surface area is 210 Å². The summed E-state index contributed by atoms with van der Waals surface area (Å²) in [6.45, 7) is 0.775. The molecule has 1 aliphatic rings. The van der Waals surface area contributed by atoms with Crippen LogP contribution in [0.4, 0.5) is 5.69 Å². The number of nitro groups is 1. The minimum absolute atomic E-state index is 0.0685. The summed E-state index contributed by atoms with van der Waals surface area (Å²) in [6.07, 6.45) is 5.61.